The van der Waals surface area contributed by atoms with Gasteiger partial charge in [0.1, 0.15) is 12.6 Å². The molecule has 1 heterocycles. The molecule has 0 radical (unpaired) electrons. The van der Waals surface area contributed by atoms with Crippen LogP contribution < -0.4 is 10.6 Å². The predicted octanol–water partition coefficient (Wildman–Crippen LogP) is 3.42. The minimum Gasteiger partial charge on any atom is -0.372 e. The van der Waals surface area contributed by atoms with Crippen molar-refractivity contribution in [1.29, 1.82) is 0 Å². The Bertz CT molecular complexity index is 698. The van der Waals surface area contributed by atoms with E-state index in [0.717, 1.165) is 31.6 Å². The Morgan fingerprint density at radius 2 is 1.92 bits per heavy atom. The zero-order chi connectivity index (χ0) is 17.6. The summed E-state index contributed by atoms with van der Waals surface area (Å²) >= 11 is 12.0. The minimum absolute atomic E-state index is 0.109. The first-order chi connectivity index (χ1) is 12.1. The third-order valence-corrected chi connectivity index (χ3v) is 4.67. The van der Waals surface area contributed by atoms with Crippen LogP contribution in [-0.2, 0) is 9.53 Å². The quantitative estimate of drug-likeness (QED) is 0.807. The molecule has 1 aliphatic rings. The number of carbonyl (C=O) groups is 1. The maximum atomic E-state index is 12.9. The fraction of sp³-hybridized carbons (Fsp3) is 0.316. The number of carbonyl (C=O) groups excluding carboxylic acids is 1. The Balaban J connectivity index is 1.73. The van der Waals surface area contributed by atoms with E-state index in [1.165, 1.54) is 0 Å². The molecule has 2 aromatic rings. The Hall–Kier alpha value is -1.59. The van der Waals surface area contributed by atoms with Crippen molar-refractivity contribution in [2.24, 2.45) is 0 Å². The summed E-state index contributed by atoms with van der Waals surface area (Å²) in [5.41, 5.74) is 1.54. The highest BCUT2D eigenvalue weighted by molar-refractivity contribution is 6.35. The van der Waals surface area contributed by atoms with Crippen LogP contribution >= 0.6 is 23.2 Å². The highest BCUT2D eigenvalue weighted by Gasteiger charge is 2.27. The molecule has 2 aromatic carbocycles. The van der Waals surface area contributed by atoms with E-state index in [1.54, 1.807) is 18.2 Å². The Kier molecular flexibility index (Phi) is 6.32. The summed E-state index contributed by atoms with van der Waals surface area (Å²) in [5, 5.41) is 5.93. The van der Waals surface area contributed by atoms with E-state index in [-0.39, 0.29) is 18.1 Å². The second-order valence-corrected chi connectivity index (χ2v) is 7.02. The summed E-state index contributed by atoms with van der Waals surface area (Å²) in [6.07, 6.45) is 2.34. The SMILES string of the molecule is O=C(Nc1cc(Cl)cc(Cl)c1)[C@H]([NH2+]C[C@H]1CCCO1)c1ccccc1. The molecule has 2 atom stereocenters. The zero-order valence-corrected chi connectivity index (χ0v) is 15.3. The average Bonchev–Trinajstić information content (AvgIpc) is 3.08. The molecule has 1 fully saturated rings. The summed E-state index contributed by atoms with van der Waals surface area (Å²) in [7, 11) is 0. The standard InChI is InChI=1S/C19H20Cl2N2O2/c20-14-9-15(21)11-16(10-14)23-19(24)18(13-5-2-1-3-6-13)22-12-17-7-4-8-25-17/h1-3,5-6,9-11,17-18,22H,4,7-8,12H2,(H,23,24)/p+1/t17-,18-/m1/s1. The van der Waals surface area contributed by atoms with Crippen molar-refractivity contribution in [3.05, 3.63) is 64.1 Å². The monoisotopic (exact) mass is 379 g/mol. The maximum absolute atomic E-state index is 12.9. The fourth-order valence-electron chi connectivity index (χ4n) is 3.02. The molecule has 25 heavy (non-hydrogen) atoms. The lowest BCUT2D eigenvalue weighted by Gasteiger charge is -2.18. The number of anilines is 1. The van der Waals surface area contributed by atoms with Gasteiger partial charge in [-0.15, -0.1) is 0 Å². The number of halogens is 2. The molecule has 0 aliphatic carbocycles. The van der Waals surface area contributed by atoms with Gasteiger partial charge in [0.25, 0.3) is 5.91 Å². The van der Waals surface area contributed by atoms with Crippen LogP contribution in [0.5, 0.6) is 0 Å². The molecule has 132 valence electrons. The second kappa shape index (κ2) is 8.68. The average molecular weight is 380 g/mol. The van der Waals surface area contributed by atoms with Gasteiger partial charge in [0, 0.05) is 27.9 Å². The van der Waals surface area contributed by atoms with Crippen molar-refractivity contribution in [2.45, 2.75) is 25.0 Å². The molecule has 4 nitrogen and oxygen atoms in total. The molecule has 3 rings (SSSR count). The number of nitrogens with two attached hydrogens (primary N) is 1. The van der Waals surface area contributed by atoms with Crippen molar-refractivity contribution in [2.75, 3.05) is 18.5 Å². The van der Waals surface area contributed by atoms with Gasteiger partial charge in [0.05, 0.1) is 0 Å². The van der Waals surface area contributed by atoms with Gasteiger partial charge in [-0.1, -0.05) is 53.5 Å². The summed E-state index contributed by atoms with van der Waals surface area (Å²) in [4.78, 5) is 12.9. The van der Waals surface area contributed by atoms with Crippen LogP contribution in [0, 0.1) is 0 Å². The zero-order valence-electron chi connectivity index (χ0n) is 13.8. The first kappa shape index (κ1) is 18.2. The summed E-state index contributed by atoms with van der Waals surface area (Å²) in [5.74, 6) is -0.109. The van der Waals surface area contributed by atoms with Gasteiger partial charge in [0.2, 0.25) is 0 Å². The van der Waals surface area contributed by atoms with E-state index >= 15 is 0 Å². The van der Waals surface area contributed by atoms with Crippen LogP contribution in [0.2, 0.25) is 10.0 Å². The van der Waals surface area contributed by atoms with Crippen LogP contribution in [0.4, 0.5) is 5.69 Å². The van der Waals surface area contributed by atoms with Crippen molar-refractivity contribution in [3.63, 3.8) is 0 Å². The van der Waals surface area contributed by atoms with Crippen molar-refractivity contribution in [3.8, 4) is 0 Å². The number of hydrogen-bond donors (Lipinski definition) is 2. The van der Waals surface area contributed by atoms with E-state index in [4.69, 9.17) is 27.9 Å². The fourth-order valence-corrected chi connectivity index (χ4v) is 3.55. The smallest absolute Gasteiger partial charge is 0.287 e. The van der Waals surface area contributed by atoms with Gasteiger partial charge >= 0.3 is 0 Å². The maximum Gasteiger partial charge on any atom is 0.287 e. The van der Waals surface area contributed by atoms with E-state index in [0.29, 0.717) is 15.7 Å². The number of nitrogens with one attached hydrogen (secondary N) is 1. The predicted molar refractivity (Wildman–Crippen MR) is 100 cm³/mol. The minimum atomic E-state index is -0.358. The van der Waals surface area contributed by atoms with E-state index in [1.807, 2.05) is 35.6 Å². The van der Waals surface area contributed by atoms with Crippen molar-refractivity contribution in [1.82, 2.24) is 0 Å². The molecule has 6 heteroatoms. The molecule has 1 amide bonds. The molecule has 0 bridgehead atoms. The topological polar surface area (TPSA) is 54.9 Å². The van der Waals surface area contributed by atoms with Crippen LogP contribution in [0.15, 0.2) is 48.5 Å². The molecule has 3 N–H and O–H groups in total. The van der Waals surface area contributed by atoms with Gasteiger partial charge in [0.15, 0.2) is 6.04 Å². The number of ether oxygens (including phenoxy) is 1. The summed E-state index contributed by atoms with van der Waals surface area (Å²) in [6, 6.07) is 14.4. The lowest BCUT2D eigenvalue weighted by molar-refractivity contribution is -0.687. The Morgan fingerprint density at radius 3 is 2.56 bits per heavy atom. The Morgan fingerprint density at radius 1 is 1.20 bits per heavy atom. The normalized spacial score (nSPS) is 18.1. The largest absolute Gasteiger partial charge is 0.372 e. The molecular formula is C19H21Cl2N2O2+. The first-order valence-electron chi connectivity index (χ1n) is 8.38. The summed E-state index contributed by atoms with van der Waals surface area (Å²) < 4.78 is 5.67. The second-order valence-electron chi connectivity index (χ2n) is 6.14. The number of quaternary nitrogens is 1. The van der Waals surface area contributed by atoms with Crippen LogP contribution in [0.25, 0.3) is 0 Å². The third-order valence-electron chi connectivity index (χ3n) is 4.23. The van der Waals surface area contributed by atoms with E-state index < -0.39 is 0 Å². The number of benzene rings is 2. The van der Waals surface area contributed by atoms with Crippen molar-refractivity contribution < 1.29 is 14.8 Å². The van der Waals surface area contributed by atoms with Crippen LogP contribution in [-0.4, -0.2) is 25.2 Å². The number of amides is 1. The molecule has 0 saturated carbocycles. The van der Waals surface area contributed by atoms with Crippen LogP contribution in [0.1, 0.15) is 24.4 Å². The lowest BCUT2D eigenvalue weighted by atomic mass is 10.1. The third kappa shape index (κ3) is 5.19. The van der Waals surface area contributed by atoms with Gasteiger partial charge < -0.3 is 15.4 Å². The molecule has 1 aliphatic heterocycles. The number of hydrogen-bond acceptors (Lipinski definition) is 2. The van der Waals surface area contributed by atoms with Crippen LogP contribution in [0.3, 0.4) is 0 Å². The van der Waals surface area contributed by atoms with Crippen molar-refractivity contribution >= 4 is 34.8 Å². The molecule has 0 unspecified atom stereocenters. The first-order valence-corrected chi connectivity index (χ1v) is 9.14. The molecule has 1 saturated heterocycles. The van der Waals surface area contributed by atoms with Gasteiger partial charge in [-0.3, -0.25) is 4.79 Å². The van der Waals surface area contributed by atoms with E-state index in [9.17, 15) is 4.79 Å². The molecule has 0 aromatic heterocycles. The van der Waals surface area contributed by atoms with E-state index in [2.05, 4.69) is 5.32 Å². The molecular weight excluding hydrogens is 359 g/mol. The number of rotatable bonds is 6. The lowest BCUT2D eigenvalue weighted by Crippen LogP contribution is -2.89. The Labute approximate surface area is 157 Å². The highest BCUT2D eigenvalue weighted by Crippen LogP contribution is 2.23. The molecule has 0 spiro atoms. The summed E-state index contributed by atoms with van der Waals surface area (Å²) in [6.45, 7) is 1.56. The van der Waals surface area contributed by atoms with Gasteiger partial charge in [-0.25, -0.2) is 0 Å². The van der Waals surface area contributed by atoms with Gasteiger partial charge in [-0.2, -0.15) is 0 Å². The highest BCUT2D eigenvalue weighted by atomic mass is 35.5. The van der Waals surface area contributed by atoms with Gasteiger partial charge in [-0.05, 0) is 31.0 Å².